The standard InChI is InChI=1S/C25H34N2O4/c1-19(25(29)31-18-22-8-4-3-5-9-22)16-23(27-20(2)28)17-21-10-12-24(13-11-21)30-15-7-6-14-26/h3-5,8-13,19,23H,6-7,14-18,26H2,1-2H3,(H,27,28). The van der Waals surface area contributed by atoms with E-state index in [-0.39, 0.29) is 30.4 Å². The van der Waals surface area contributed by atoms with E-state index in [0.29, 0.717) is 26.0 Å². The van der Waals surface area contributed by atoms with Crippen molar-refractivity contribution < 1.29 is 19.1 Å². The summed E-state index contributed by atoms with van der Waals surface area (Å²) in [6.07, 6.45) is 3.01. The molecule has 0 aliphatic heterocycles. The van der Waals surface area contributed by atoms with E-state index in [9.17, 15) is 9.59 Å². The summed E-state index contributed by atoms with van der Waals surface area (Å²) in [5, 5.41) is 2.96. The number of benzene rings is 2. The molecule has 0 saturated heterocycles. The van der Waals surface area contributed by atoms with Crippen molar-refractivity contribution in [2.45, 2.75) is 52.2 Å². The van der Waals surface area contributed by atoms with Crippen LogP contribution in [0.25, 0.3) is 0 Å². The zero-order chi connectivity index (χ0) is 22.5. The molecule has 1 amide bonds. The smallest absolute Gasteiger partial charge is 0.309 e. The Balaban J connectivity index is 1.87. The summed E-state index contributed by atoms with van der Waals surface area (Å²) in [4.78, 5) is 24.1. The SMILES string of the molecule is CC(=O)NC(Cc1ccc(OCCCCN)cc1)CC(C)C(=O)OCc1ccccc1. The molecule has 6 heteroatoms. The van der Waals surface area contributed by atoms with Gasteiger partial charge in [0.25, 0.3) is 0 Å². The van der Waals surface area contributed by atoms with Crippen LogP contribution in [0.3, 0.4) is 0 Å². The van der Waals surface area contributed by atoms with Crippen molar-refractivity contribution in [2.75, 3.05) is 13.2 Å². The second kappa shape index (κ2) is 13.4. The van der Waals surface area contributed by atoms with Gasteiger partial charge in [0.1, 0.15) is 12.4 Å². The van der Waals surface area contributed by atoms with Crippen molar-refractivity contribution in [3.63, 3.8) is 0 Å². The fourth-order valence-electron chi connectivity index (χ4n) is 3.32. The number of rotatable bonds is 13. The molecule has 0 radical (unpaired) electrons. The van der Waals surface area contributed by atoms with Gasteiger partial charge in [0.15, 0.2) is 0 Å². The van der Waals surface area contributed by atoms with Crippen LogP contribution in [-0.2, 0) is 27.4 Å². The maximum absolute atomic E-state index is 12.4. The number of nitrogens with two attached hydrogens (primary N) is 1. The fourth-order valence-corrected chi connectivity index (χ4v) is 3.32. The molecule has 31 heavy (non-hydrogen) atoms. The summed E-state index contributed by atoms with van der Waals surface area (Å²) in [6, 6.07) is 17.3. The van der Waals surface area contributed by atoms with Crippen LogP contribution < -0.4 is 15.8 Å². The molecule has 0 aromatic heterocycles. The number of carbonyl (C=O) groups excluding carboxylic acids is 2. The first kappa shape index (κ1) is 24.4. The minimum Gasteiger partial charge on any atom is -0.494 e. The van der Waals surface area contributed by atoms with Crippen LogP contribution in [0.15, 0.2) is 54.6 Å². The number of ether oxygens (including phenoxy) is 2. The molecule has 0 fully saturated rings. The second-order valence-electron chi connectivity index (χ2n) is 7.82. The Hall–Kier alpha value is -2.86. The lowest BCUT2D eigenvalue weighted by atomic mass is 9.96. The van der Waals surface area contributed by atoms with E-state index < -0.39 is 0 Å². The Morgan fingerprint density at radius 3 is 2.35 bits per heavy atom. The predicted molar refractivity (Wildman–Crippen MR) is 122 cm³/mol. The topological polar surface area (TPSA) is 90.6 Å². The molecule has 0 saturated carbocycles. The molecule has 3 N–H and O–H groups in total. The van der Waals surface area contributed by atoms with E-state index in [1.165, 1.54) is 6.92 Å². The van der Waals surface area contributed by atoms with Gasteiger partial charge in [-0.3, -0.25) is 9.59 Å². The molecule has 2 rings (SSSR count). The zero-order valence-electron chi connectivity index (χ0n) is 18.5. The van der Waals surface area contributed by atoms with Crippen molar-refractivity contribution in [3.05, 3.63) is 65.7 Å². The van der Waals surface area contributed by atoms with E-state index in [1.807, 2.05) is 61.5 Å². The van der Waals surface area contributed by atoms with Crippen LogP contribution in [0.1, 0.15) is 44.2 Å². The van der Waals surface area contributed by atoms with Gasteiger partial charge in [-0.15, -0.1) is 0 Å². The summed E-state index contributed by atoms with van der Waals surface area (Å²) >= 11 is 0. The molecule has 0 aliphatic rings. The third-order valence-corrected chi connectivity index (χ3v) is 4.94. The Morgan fingerprint density at radius 2 is 1.71 bits per heavy atom. The molecular weight excluding hydrogens is 392 g/mol. The third kappa shape index (κ3) is 9.66. The Morgan fingerprint density at radius 1 is 1.00 bits per heavy atom. The van der Waals surface area contributed by atoms with Crippen molar-refractivity contribution in [1.82, 2.24) is 5.32 Å². The van der Waals surface area contributed by atoms with E-state index in [1.54, 1.807) is 0 Å². The lowest BCUT2D eigenvalue weighted by Crippen LogP contribution is -2.37. The van der Waals surface area contributed by atoms with Crippen LogP contribution >= 0.6 is 0 Å². The number of esters is 1. The largest absolute Gasteiger partial charge is 0.494 e. The Kier molecular flexibility index (Phi) is 10.6. The Labute approximate surface area is 185 Å². The zero-order valence-corrected chi connectivity index (χ0v) is 18.5. The van der Waals surface area contributed by atoms with Gasteiger partial charge in [0.05, 0.1) is 12.5 Å². The van der Waals surface area contributed by atoms with E-state index in [2.05, 4.69) is 5.32 Å². The normalized spacial score (nSPS) is 12.6. The molecule has 168 valence electrons. The van der Waals surface area contributed by atoms with Crippen LogP contribution in [-0.4, -0.2) is 31.1 Å². The molecule has 0 aliphatic carbocycles. The van der Waals surface area contributed by atoms with Gasteiger partial charge >= 0.3 is 5.97 Å². The van der Waals surface area contributed by atoms with Crippen LogP contribution in [0.4, 0.5) is 0 Å². The lowest BCUT2D eigenvalue weighted by molar-refractivity contribution is -0.149. The first-order valence-corrected chi connectivity index (χ1v) is 10.9. The summed E-state index contributed by atoms with van der Waals surface area (Å²) in [7, 11) is 0. The summed E-state index contributed by atoms with van der Waals surface area (Å²) in [6.45, 7) is 4.89. The van der Waals surface area contributed by atoms with Gasteiger partial charge < -0.3 is 20.5 Å². The molecule has 0 bridgehead atoms. The maximum Gasteiger partial charge on any atom is 0.309 e. The maximum atomic E-state index is 12.4. The number of nitrogens with one attached hydrogen (secondary N) is 1. The lowest BCUT2D eigenvalue weighted by Gasteiger charge is -2.21. The monoisotopic (exact) mass is 426 g/mol. The highest BCUT2D eigenvalue weighted by atomic mass is 16.5. The quantitative estimate of drug-likeness (QED) is 0.377. The average molecular weight is 427 g/mol. The predicted octanol–water partition coefficient (Wildman–Crippen LogP) is 3.62. The molecule has 2 aromatic carbocycles. The van der Waals surface area contributed by atoms with Gasteiger partial charge in [0.2, 0.25) is 5.91 Å². The fraction of sp³-hybridized carbons (Fsp3) is 0.440. The first-order valence-electron chi connectivity index (χ1n) is 10.9. The average Bonchev–Trinajstić information content (AvgIpc) is 2.76. The highest BCUT2D eigenvalue weighted by molar-refractivity contribution is 5.74. The molecule has 0 heterocycles. The van der Waals surface area contributed by atoms with Gasteiger partial charge in [-0.2, -0.15) is 0 Å². The van der Waals surface area contributed by atoms with Crippen molar-refractivity contribution in [3.8, 4) is 5.75 Å². The highest BCUT2D eigenvalue weighted by Gasteiger charge is 2.21. The van der Waals surface area contributed by atoms with Gasteiger partial charge in [0, 0.05) is 13.0 Å². The summed E-state index contributed by atoms with van der Waals surface area (Å²) in [5.41, 5.74) is 7.51. The van der Waals surface area contributed by atoms with E-state index in [0.717, 1.165) is 29.7 Å². The third-order valence-electron chi connectivity index (χ3n) is 4.94. The number of hydrogen-bond donors (Lipinski definition) is 2. The Bertz CT molecular complexity index is 793. The number of unbranched alkanes of at least 4 members (excludes halogenated alkanes) is 1. The molecule has 2 atom stereocenters. The number of hydrogen-bond acceptors (Lipinski definition) is 5. The van der Waals surface area contributed by atoms with Crippen molar-refractivity contribution >= 4 is 11.9 Å². The highest BCUT2D eigenvalue weighted by Crippen LogP contribution is 2.17. The number of amides is 1. The first-order chi connectivity index (χ1) is 15.0. The van der Waals surface area contributed by atoms with Crippen LogP contribution in [0, 0.1) is 5.92 Å². The second-order valence-corrected chi connectivity index (χ2v) is 7.82. The molecule has 0 spiro atoms. The van der Waals surface area contributed by atoms with E-state index >= 15 is 0 Å². The van der Waals surface area contributed by atoms with Crippen molar-refractivity contribution in [2.24, 2.45) is 11.7 Å². The van der Waals surface area contributed by atoms with E-state index in [4.69, 9.17) is 15.2 Å². The number of carbonyl (C=O) groups is 2. The molecule has 6 nitrogen and oxygen atoms in total. The minimum absolute atomic E-state index is 0.116. The van der Waals surface area contributed by atoms with Gasteiger partial charge in [-0.05, 0) is 55.5 Å². The summed E-state index contributed by atoms with van der Waals surface area (Å²) < 4.78 is 11.1. The van der Waals surface area contributed by atoms with Gasteiger partial charge in [-0.25, -0.2) is 0 Å². The van der Waals surface area contributed by atoms with Crippen LogP contribution in [0.2, 0.25) is 0 Å². The molecular formula is C25H34N2O4. The minimum atomic E-state index is -0.328. The van der Waals surface area contributed by atoms with Gasteiger partial charge in [-0.1, -0.05) is 49.4 Å². The van der Waals surface area contributed by atoms with Crippen molar-refractivity contribution in [1.29, 1.82) is 0 Å². The summed E-state index contributed by atoms with van der Waals surface area (Å²) in [5.74, 6) is 0.107. The molecule has 2 aromatic rings. The molecule has 2 unspecified atom stereocenters. The van der Waals surface area contributed by atoms with Crippen LogP contribution in [0.5, 0.6) is 5.75 Å².